The van der Waals surface area contributed by atoms with Gasteiger partial charge in [-0.1, -0.05) is 57.2 Å². The second kappa shape index (κ2) is 17.0. The van der Waals surface area contributed by atoms with E-state index in [1.54, 1.807) is 109 Å². The van der Waals surface area contributed by atoms with Gasteiger partial charge < -0.3 is 28.4 Å². The molecule has 72 heavy (non-hydrogen) atoms. The van der Waals surface area contributed by atoms with E-state index in [1.165, 1.54) is 0 Å². The standard InChI is InChI=1S/C19H12O6.C18H10O6.C17H8O6/c1-19(2,9-3-5-11-13(7-9)17(22)24-15(11)20)10-4-6-12-14(8-10)18(23)25-16(12)21;1-8(9-2-4-11-13(6-9)17(21)23-15(11)19)10-3-5-12-14(7-10)18(22)24-16(12)20;18-14-10-3-1-8(6-12(10)16(20)22-14)5-9-2-4-11-13(7-9)17(21)23-15(11)19/h3-8H,1-2H3;2-8H,1H3;1-4,6-7H,5H2. The van der Waals surface area contributed by atoms with Crippen LogP contribution in [0.4, 0.5) is 0 Å². The maximum absolute atomic E-state index is 11.8. The molecule has 0 bridgehead atoms. The van der Waals surface area contributed by atoms with Crippen LogP contribution in [-0.2, 0) is 40.3 Å². The summed E-state index contributed by atoms with van der Waals surface area (Å²) in [5.41, 5.74) is 7.01. The van der Waals surface area contributed by atoms with Crippen molar-refractivity contribution < 1.29 is 86.0 Å². The van der Waals surface area contributed by atoms with Crippen LogP contribution in [0.5, 0.6) is 0 Å². The third kappa shape index (κ3) is 7.81. The minimum Gasteiger partial charge on any atom is -0.386 e. The quantitative estimate of drug-likeness (QED) is 0.0925. The van der Waals surface area contributed by atoms with Crippen LogP contribution in [0.1, 0.15) is 184 Å². The van der Waals surface area contributed by atoms with E-state index in [1.807, 2.05) is 20.8 Å². The fourth-order valence-corrected chi connectivity index (χ4v) is 8.77. The predicted molar refractivity (Wildman–Crippen MR) is 240 cm³/mol. The highest BCUT2D eigenvalue weighted by Crippen LogP contribution is 2.37. The van der Waals surface area contributed by atoms with Gasteiger partial charge in [0, 0.05) is 11.3 Å². The van der Waals surface area contributed by atoms with Gasteiger partial charge in [-0.3, -0.25) is 0 Å². The van der Waals surface area contributed by atoms with E-state index in [0.29, 0.717) is 6.42 Å². The van der Waals surface area contributed by atoms with Crippen LogP contribution < -0.4 is 0 Å². The largest absolute Gasteiger partial charge is 0.386 e. The Hall–Kier alpha value is -9.84. The molecule has 0 radical (unpaired) electrons. The van der Waals surface area contributed by atoms with Gasteiger partial charge in [0.15, 0.2) is 0 Å². The van der Waals surface area contributed by atoms with Crippen molar-refractivity contribution in [2.75, 3.05) is 0 Å². The highest BCUT2D eigenvalue weighted by Gasteiger charge is 2.37. The lowest BCUT2D eigenvalue weighted by Gasteiger charge is -2.26. The zero-order chi connectivity index (χ0) is 51.1. The molecular weight excluding hydrogens is 937 g/mol. The molecule has 6 aliphatic rings. The van der Waals surface area contributed by atoms with Crippen LogP contribution in [0.25, 0.3) is 0 Å². The number of hydrogen-bond donors (Lipinski definition) is 0. The van der Waals surface area contributed by atoms with Crippen LogP contribution >= 0.6 is 0 Å². The van der Waals surface area contributed by atoms with Crippen molar-refractivity contribution in [3.05, 3.63) is 209 Å². The third-order valence-electron chi connectivity index (χ3n) is 12.9. The zero-order valence-corrected chi connectivity index (χ0v) is 37.5. The molecule has 0 amide bonds. The molecule has 0 saturated carbocycles. The van der Waals surface area contributed by atoms with Crippen LogP contribution in [0.15, 0.2) is 109 Å². The molecule has 18 heteroatoms. The zero-order valence-electron chi connectivity index (χ0n) is 37.5. The maximum Gasteiger partial charge on any atom is 0.346 e. The van der Waals surface area contributed by atoms with Gasteiger partial charge in [-0.2, -0.15) is 0 Å². The highest BCUT2D eigenvalue weighted by molar-refractivity contribution is 6.18. The second-order valence-electron chi connectivity index (χ2n) is 17.5. The first-order chi connectivity index (χ1) is 34.3. The molecule has 6 aromatic rings. The fourth-order valence-electron chi connectivity index (χ4n) is 8.77. The lowest BCUT2D eigenvalue weighted by Crippen LogP contribution is -2.20. The van der Waals surface area contributed by atoms with Gasteiger partial charge in [-0.05, 0) is 113 Å². The summed E-state index contributed by atoms with van der Waals surface area (Å²) >= 11 is 0. The summed E-state index contributed by atoms with van der Waals surface area (Å²) < 4.78 is 27.5. The lowest BCUT2D eigenvalue weighted by molar-refractivity contribution is 0.0425. The Morgan fingerprint density at radius 2 is 0.542 bits per heavy atom. The number of fused-ring (bicyclic) bond motifs is 6. The average molecular weight is 967 g/mol. The number of cyclic esters (lactones) is 12. The topological polar surface area (TPSA) is 260 Å². The molecule has 0 saturated heterocycles. The number of rotatable bonds is 6. The van der Waals surface area contributed by atoms with E-state index < -0.39 is 77.0 Å². The number of hydrogen-bond acceptors (Lipinski definition) is 18. The van der Waals surface area contributed by atoms with Gasteiger partial charge in [-0.25, -0.2) is 57.5 Å². The molecular formula is C54H30O18. The van der Waals surface area contributed by atoms with Gasteiger partial charge >= 0.3 is 71.6 Å². The molecule has 18 nitrogen and oxygen atoms in total. The first-order valence-electron chi connectivity index (χ1n) is 21.7. The third-order valence-corrected chi connectivity index (χ3v) is 12.9. The molecule has 0 unspecified atom stereocenters. The Balaban J connectivity index is 0.000000124. The smallest absolute Gasteiger partial charge is 0.346 e. The number of carbonyl (C=O) groups excluding carboxylic acids is 12. The maximum atomic E-state index is 11.8. The Bertz CT molecular complexity index is 3400. The predicted octanol–water partition coefficient (Wildman–Crippen LogP) is 6.99. The lowest BCUT2D eigenvalue weighted by atomic mass is 9.76. The van der Waals surface area contributed by atoms with E-state index in [0.717, 1.165) is 33.4 Å². The second-order valence-corrected chi connectivity index (χ2v) is 17.5. The Kier molecular flexibility index (Phi) is 10.8. The van der Waals surface area contributed by atoms with Crippen LogP contribution in [0, 0.1) is 0 Å². The van der Waals surface area contributed by atoms with E-state index in [2.05, 4.69) is 28.4 Å². The van der Waals surface area contributed by atoms with Gasteiger partial charge in [-0.15, -0.1) is 0 Å². The van der Waals surface area contributed by atoms with E-state index in [9.17, 15) is 57.5 Å². The summed E-state index contributed by atoms with van der Waals surface area (Å²) in [6, 6.07) is 29.4. The fraction of sp³-hybridized carbons (Fsp3) is 0.111. The molecule has 0 spiro atoms. The molecule has 0 atom stereocenters. The number of carbonyl (C=O) groups is 12. The van der Waals surface area contributed by atoms with Crippen LogP contribution in [-0.4, -0.2) is 71.6 Å². The van der Waals surface area contributed by atoms with E-state index in [4.69, 9.17) is 0 Å². The van der Waals surface area contributed by atoms with Crippen molar-refractivity contribution in [1.82, 2.24) is 0 Å². The summed E-state index contributed by atoms with van der Waals surface area (Å²) in [5, 5.41) is 0. The van der Waals surface area contributed by atoms with Crippen molar-refractivity contribution in [2.24, 2.45) is 0 Å². The molecule has 6 heterocycles. The summed E-state index contributed by atoms with van der Waals surface area (Å²) in [6.45, 7) is 5.73. The summed E-state index contributed by atoms with van der Waals surface area (Å²) in [5.74, 6) is -8.00. The van der Waals surface area contributed by atoms with Gasteiger partial charge in [0.1, 0.15) is 0 Å². The summed E-state index contributed by atoms with van der Waals surface area (Å²) in [7, 11) is 0. The molecule has 0 fully saturated rings. The van der Waals surface area contributed by atoms with E-state index in [-0.39, 0.29) is 72.7 Å². The first-order valence-corrected chi connectivity index (χ1v) is 21.7. The molecule has 6 aromatic carbocycles. The molecule has 6 aliphatic heterocycles. The van der Waals surface area contributed by atoms with Crippen molar-refractivity contribution in [3.63, 3.8) is 0 Å². The highest BCUT2D eigenvalue weighted by atomic mass is 16.6. The number of benzene rings is 6. The molecule has 0 aliphatic carbocycles. The van der Waals surface area contributed by atoms with Crippen molar-refractivity contribution >= 4 is 71.6 Å². The SMILES string of the molecule is CC(C)(c1ccc2c(c1)C(=O)OC2=O)c1ccc2c(c1)C(=O)OC2=O.CC(c1ccc2c(c1)C(=O)OC2=O)c1ccc2c(c1)C(=O)OC2=O.O=C1OC(=O)c2cc(Cc3ccc4c(c3)C(=O)OC4=O)ccc21. The van der Waals surface area contributed by atoms with Gasteiger partial charge in [0.2, 0.25) is 0 Å². The summed E-state index contributed by atoms with van der Waals surface area (Å²) in [6.07, 6.45) is 0.434. The van der Waals surface area contributed by atoms with Crippen molar-refractivity contribution in [3.8, 4) is 0 Å². The van der Waals surface area contributed by atoms with Crippen molar-refractivity contribution in [1.29, 1.82) is 0 Å². The Morgan fingerprint density at radius 1 is 0.306 bits per heavy atom. The monoisotopic (exact) mass is 966 g/mol. The minimum atomic E-state index is -0.666. The molecule has 12 rings (SSSR count). The molecule has 0 N–H and O–H groups in total. The summed E-state index contributed by atoms with van der Waals surface area (Å²) in [4.78, 5) is 139. The van der Waals surface area contributed by atoms with Crippen LogP contribution in [0.2, 0.25) is 0 Å². The normalized spacial score (nSPS) is 15.5. The Labute approximate surface area is 404 Å². The average Bonchev–Trinajstić information content (AvgIpc) is 4.16. The minimum absolute atomic E-state index is 0.160. The molecule has 354 valence electrons. The number of esters is 12. The molecule has 0 aromatic heterocycles. The Morgan fingerprint density at radius 3 is 0.847 bits per heavy atom. The number of ether oxygens (including phenoxy) is 6. The van der Waals surface area contributed by atoms with E-state index >= 15 is 0 Å². The van der Waals surface area contributed by atoms with Gasteiger partial charge in [0.25, 0.3) is 0 Å². The first kappa shape index (κ1) is 45.9. The van der Waals surface area contributed by atoms with Crippen LogP contribution in [0.3, 0.4) is 0 Å². The van der Waals surface area contributed by atoms with Crippen molar-refractivity contribution in [2.45, 2.75) is 38.5 Å². The van der Waals surface area contributed by atoms with Gasteiger partial charge in [0.05, 0.1) is 66.8 Å².